The molecule has 0 bridgehead atoms. The molecular formula is C8H12IN. The van der Waals surface area contributed by atoms with E-state index in [0.29, 0.717) is 5.92 Å². The van der Waals surface area contributed by atoms with Crippen LogP contribution in [0.4, 0.5) is 0 Å². The summed E-state index contributed by atoms with van der Waals surface area (Å²) in [6.07, 6.45) is 5.17. The zero-order valence-corrected chi connectivity index (χ0v) is 8.42. The summed E-state index contributed by atoms with van der Waals surface area (Å²) in [6.45, 7) is 4.23. The summed E-state index contributed by atoms with van der Waals surface area (Å²) in [6, 6.07) is 0. The second-order valence-electron chi connectivity index (χ2n) is 2.28. The third kappa shape index (κ3) is 3.82. The molecule has 2 heteroatoms. The fourth-order valence-electron chi connectivity index (χ4n) is 0.609. The van der Waals surface area contributed by atoms with Gasteiger partial charge >= 0.3 is 0 Å². The lowest BCUT2D eigenvalue weighted by Gasteiger charge is -2.02. The van der Waals surface area contributed by atoms with E-state index in [2.05, 4.69) is 36.4 Å². The van der Waals surface area contributed by atoms with Gasteiger partial charge in [0.05, 0.1) is 0 Å². The number of rotatable bonds is 3. The molecule has 0 rings (SSSR count). The van der Waals surface area contributed by atoms with Crippen molar-refractivity contribution >= 4 is 28.8 Å². The molecule has 0 aromatic heterocycles. The third-order valence-corrected chi connectivity index (χ3v) is 1.56. The summed E-state index contributed by atoms with van der Waals surface area (Å²) in [5.74, 6) is 0.507. The Bertz CT molecular complexity index is 157. The minimum atomic E-state index is 0.507. The van der Waals surface area contributed by atoms with E-state index < -0.39 is 0 Å². The molecule has 0 aliphatic heterocycles. The molecule has 0 radical (unpaired) electrons. The molecule has 0 fully saturated rings. The molecule has 0 amide bonds. The first-order valence-electron chi connectivity index (χ1n) is 3.19. The molecule has 0 atom stereocenters. The maximum absolute atomic E-state index is 6.87. The van der Waals surface area contributed by atoms with Gasteiger partial charge in [-0.25, -0.2) is 0 Å². The van der Waals surface area contributed by atoms with Gasteiger partial charge in [-0.3, -0.25) is 0 Å². The van der Waals surface area contributed by atoms with Crippen molar-refractivity contribution in [2.45, 2.75) is 13.8 Å². The molecule has 56 valence electrons. The monoisotopic (exact) mass is 249 g/mol. The smallest absolute Gasteiger partial charge is 0.0180 e. The summed E-state index contributed by atoms with van der Waals surface area (Å²) in [4.78, 5) is 0. The second kappa shape index (κ2) is 5.65. The molecule has 0 aromatic carbocycles. The molecule has 0 saturated heterocycles. The van der Waals surface area contributed by atoms with Gasteiger partial charge < -0.3 is 5.41 Å². The Hall–Kier alpha value is -0.120. The van der Waals surface area contributed by atoms with Crippen LogP contribution in [0.2, 0.25) is 0 Å². The average Bonchev–Trinajstić information content (AvgIpc) is 1.87. The van der Waals surface area contributed by atoms with Crippen LogP contribution in [-0.4, -0.2) is 6.21 Å². The minimum Gasteiger partial charge on any atom is -0.309 e. The summed E-state index contributed by atoms with van der Waals surface area (Å²) in [5.41, 5.74) is 1.20. The summed E-state index contributed by atoms with van der Waals surface area (Å²) in [5, 5.41) is 6.87. The van der Waals surface area contributed by atoms with Crippen molar-refractivity contribution < 1.29 is 0 Å². The number of nitrogens with one attached hydrogen (secondary N) is 1. The fourth-order valence-corrected chi connectivity index (χ4v) is 1.02. The lowest BCUT2D eigenvalue weighted by molar-refractivity contribution is 0.793. The van der Waals surface area contributed by atoms with Gasteiger partial charge in [0.1, 0.15) is 0 Å². The molecule has 0 aromatic rings. The summed E-state index contributed by atoms with van der Waals surface area (Å²) >= 11 is 2.18. The summed E-state index contributed by atoms with van der Waals surface area (Å²) < 4.78 is 1.97. The topological polar surface area (TPSA) is 23.9 Å². The van der Waals surface area contributed by atoms with E-state index in [1.807, 2.05) is 16.2 Å². The molecular weight excluding hydrogens is 237 g/mol. The van der Waals surface area contributed by atoms with Crippen LogP contribution >= 0.6 is 22.6 Å². The molecule has 0 aliphatic rings. The Kier molecular flexibility index (Phi) is 5.58. The highest BCUT2D eigenvalue weighted by atomic mass is 127. The van der Waals surface area contributed by atoms with Crippen LogP contribution in [0.25, 0.3) is 0 Å². The van der Waals surface area contributed by atoms with Crippen LogP contribution in [0.15, 0.2) is 21.8 Å². The van der Waals surface area contributed by atoms with Gasteiger partial charge in [-0.15, -0.1) is 0 Å². The largest absolute Gasteiger partial charge is 0.309 e. The maximum Gasteiger partial charge on any atom is 0.0180 e. The van der Waals surface area contributed by atoms with Crippen LogP contribution in [0.5, 0.6) is 0 Å². The van der Waals surface area contributed by atoms with Crippen LogP contribution in [0.1, 0.15) is 13.8 Å². The predicted molar refractivity (Wildman–Crippen MR) is 54.9 cm³/mol. The highest BCUT2D eigenvalue weighted by molar-refractivity contribution is 14.1. The van der Waals surface area contributed by atoms with E-state index in [4.69, 9.17) is 5.41 Å². The van der Waals surface area contributed by atoms with Gasteiger partial charge in [0.15, 0.2) is 0 Å². The van der Waals surface area contributed by atoms with E-state index >= 15 is 0 Å². The Balaban J connectivity index is 4.25. The highest BCUT2D eigenvalue weighted by Gasteiger charge is 1.95. The van der Waals surface area contributed by atoms with E-state index in [9.17, 15) is 0 Å². The third-order valence-electron chi connectivity index (χ3n) is 1.20. The van der Waals surface area contributed by atoms with Crippen LogP contribution in [-0.2, 0) is 0 Å². The van der Waals surface area contributed by atoms with Gasteiger partial charge in [-0.05, 0) is 21.6 Å². The first-order valence-corrected chi connectivity index (χ1v) is 4.44. The summed E-state index contributed by atoms with van der Waals surface area (Å²) in [7, 11) is 0. The van der Waals surface area contributed by atoms with E-state index in [1.165, 1.54) is 11.8 Å². The number of allylic oxidation sites excluding steroid dienone is 3. The zero-order valence-electron chi connectivity index (χ0n) is 6.26. The SMILES string of the molecule is CC(C)C(/C=C\I)=C/C=N. The quantitative estimate of drug-likeness (QED) is 0.451. The first kappa shape index (κ1) is 9.88. The minimum absolute atomic E-state index is 0.507. The molecule has 0 aliphatic carbocycles. The number of hydrogen-bond donors (Lipinski definition) is 1. The molecule has 0 saturated carbocycles. The molecule has 1 nitrogen and oxygen atoms in total. The Morgan fingerprint density at radius 3 is 2.40 bits per heavy atom. The lowest BCUT2D eigenvalue weighted by atomic mass is 10.0. The second-order valence-corrected chi connectivity index (χ2v) is 3.00. The van der Waals surface area contributed by atoms with Crippen LogP contribution in [0.3, 0.4) is 0 Å². The van der Waals surface area contributed by atoms with Crippen molar-refractivity contribution in [3.63, 3.8) is 0 Å². The first-order chi connectivity index (χ1) is 4.72. The standard InChI is InChI=1S/C8H12IN/c1-7(2)8(3-5-9)4-6-10/h3-7,10H,1-2H3/b5-3-,8-4+,10-6?. The zero-order chi connectivity index (χ0) is 7.98. The van der Waals surface area contributed by atoms with Gasteiger partial charge in [0, 0.05) is 6.21 Å². The Morgan fingerprint density at radius 2 is 2.10 bits per heavy atom. The van der Waals surface area contributed by atoms with Crippen molar-refractivity contribution in [3.05, 3.63) is 21.8 Å². The van der Waals surface area contributed by atoms with Crippen molar-refractivity contribution in [1.82, 2.24) is 0 Å². The molecule has 1 N–H and O–H groups in total. The number of halogens is 1. The predicted octanol–water partition coefficient (Wildman–Crippen LogP) is 3.17. The molecule has 0 heterocycles. The van der Waals surface area contributed by atoms with E-state index in [1.54, 1.807) is 0 Å². The maximum atomic E-state index is 6.87. The van der Waals surface area contributed by atoms with Crippen molar-refractivity contribution in [2.75, 3.05) is 0 Å². The van der Waals surface area contributed by atoms with Crippen LogP contribution < -0.4 is 0 Å². The average molecular weight is 249 g/mol. The number of hydrogen-bond acceptors (Lipinski definition) is 1. The van der Waals surface area contributed by atoms with Crippen molar-refractivity contribution in [3.8, 4) is 0 Å². The normalized spacial score (nSPS) is 13.0. The van der Waals surface area contributed by atoms with E-state index in [0.717, 1.165) is 0 Å². The van der Waals surface area contributed by atoms with E-state index in [-0.39, 0.29) is 0 Å². The van der Waals surface area contributed by atoms with Crippen molar-refractivity contribution in [2.24, 2.45) is 5.92 Å². The van der Waals surface area contributed by atoms with Gasteiger partial charge in [0.25, 0.3) is 0 Å². The van der Waals surface area contributed by atoms with Gasteiger partial charge in [0.2, 0.25) is 0 Å². The molecule has 10 heavy (non-hydrogen) atoms. The molecule has 0 spiro atoms. The fraction of sp³-hybridized carbons (Fsp3) is 0.375. The van der Waals surface area contributed by atoms with Gasteiger partial charge in [-0.2, -0.15) is 0 Å². The Morgan fingerprint density at radius 1 is 1.50 bits per heavy atom. The highest BCUT2D eigenvalue weighted by Crippen LogP contribution is 2.10. The van der Waals surface area contributed by atoms with Crippen LogP contribution in [0, 0.1) is 11.3 Å². The van der Waals surface area contributed by atoms with Gasteiger partial charge in [-0.1, -0.05) is 42.5 Å². The van der Waals surface area contributed by atoms with Crippen molar-refractivity contribution in [1.29, 1.82) is 5.41 Å². The molecule has 0 unspecified atom stereocenters. The lowest BCUT2D eigenvalue weighted by Crippen LogP contribution is -1.89. The Labute approximate surface area is 75.9 Å².